The van der Waals surface area contributed by atoms with Crippen molar-refractivity contribution in [1.82, 2.24) is 9.78 Å². The molecule has 0 bridgehead atoms. The molecular weight excluding hydrogens is 293 g/mol. The van der Waals surface area contributed by atoms with Crippen molar-refractivity contribution in [2.24, 2.45) is 0 Å². The van der Waals surface area contributed by atoms with Crippen LogP contribution in [0.1, 0.15) is 17.4 Å². The molecule has 0 amide bonds. The fourth-order valence-electron chi connectivity index (χ4n) is 2.92. The summed E-state index contributed by atoms with van der Waals surface area (Å²) in [4.78, 5) is 0. The van der Waals surface area contributed by atoms with Crippen LogP contribution in [0.15, 0.2) is 60.9 Å². The molecule has 0 radical (unpaired) electrons. The van der Waals surface area contributed by atoms with Crippen molar-refractivity contribution >= 4 is 0 Å². The smallest absolute Gasteiger partial charge is 0.304 e. The van der Waals surface area contributed by atoms with Crippen LogP contribution >= 0.6 is 0 Å². The number of nitrogens with zero attached hydrogens (tertiary/aromatic N) is 3. The van der Waals surface area contributed by atoms with Crippen molar-refractivity contribution in [3.8, 4) is 5.69 Å². The quantitative estimate of drug-likeness (QED) is 0.696. The van der Waals surface area contributed by atoms with E-state index in [0.29, 0.717) is 13.2 Å². The molecule has 0 saturated carbocycles. The van der Waals surface area contributed by atoms with Gasteiger partial charge >= 0.3 is 5.82 Å². The molecule has 0 aliphatic carbocycles. The second-order valence-electron chi connectivity index (χ2n) is 5.72. The van der Waals surface area contributed by atoms with Crippen LogP contribution in [0.25, 0.3) is 5.69 Å². The summed E-state index contributed by atoms with van der Waals surface area (Å²) in [7, 11) is 0. The number of ether oxygens (including phenoxy) is 1. The third-order valence-electron chi connectivity index (χ3n) is 4.10. The fraction of sp³-hybridized carbons (Fsp3) is 0.222. The molecule has 4 rings (SSSR count). The van der Waals surface area contributed by atoms with E-state index in [1.165, 1.54) is 17.7 Å². The highest BCUT2D eigenvalue weighted by molar-refractivity contribution is 5.29. The van der Waals surface area contributed by atoms with E-state index in [4.69, 9.17) is 4.74 Å². The first-order valence-corrected chi connectivity index (χ1v) is 7.67. The molecule has 3 aromatic rings. The molecule has 1 atom stereocenters. The van der Waals surface area contributed by atoms with Crippen molar-refractivity contribution in [2.75, 3.05) is 6.61 Å². The predicted octanol–water partition coefficient (Wildman–Crippen LogP) is 2.61. The van der Waals surface area contributed by atoms with Crippen molar-refractivity contribution in [1.29, 1.82) is 0 Å². The van der Waals surface area contributed by atoms with Crippen LogP contribution in [-0.2, 0) is 17.8 Å². The maximum absolute atomic E-state index is 13.1. The van der Waals surface area contributed by atoms with Crippen LogP contribution in [-0.4, -0.2) is 16.4 Å². The molecule has 0 saturated heterocycles. The Morgan fingerprint density at radius 2 is 1.91 bits per heavy atom. The van der Waals surface area contributed by atoms with E-state index in [1.807, 2.05) is 24.5 Å². The van der Waals surface area contributed by atoms with Gasteiger partial charge < -0.3 is 4.74 Å². The number of rotatable bonds is 3. The summed E-state index contributed by atoms with van der Waals surface area (Å²) in [6, 6.07) is 16.9. The third kappa shape index (κ3) is 2.87. The highest BCUT2D eigenvalue weighted by Gasteiger charge is 2.29. The summed E-state index contributed by atoms with van der Waals surface area (Å²) in [5.74, 6) is 0.644. The van der Waals surface area contributed by atoms with Gasteiger partial charge in [-0.15, -0.1) is 0 Å². The molecule has 116 valence electrons. The topological polar surface area (TPSA) is 30.9 Å². The Balaban J connectivity index is 1.64. The average Bonchev–Trinajstić information content (AvgIpc) is 3.02. The first kappa shape index (κ1) is 14.1. The van der Waals surface area contributed by atoms with Crippen LogP contribution in [0.5, 0.6) is 0 Å². The summed E-state index contributed by atoms with van der Waals surface area (Å²) < 4.78 is 22.7. The SMILES string of the molecule is Fc1ccc(-n2c[n+]3c(n2)COC[C@@H]3Cc2ccccc2)cc1. The van der Waals surface area contributed by atoms with E-state index in [9.17, 15) is 4.39 Å². The van der Waals surface area contributed by atoms with Crippen LogP contribution in [0.4, 0.5) is 4.39 Å². The minimum Gasteiger partial charge on any atom is -0.367 e. The van der Waals surface area contributed by atoms with Crippen LogP contribution in [0.3, 0.4) is 0 Å². The number of hydrogen-bond donors (Lipinski definition) is 0. The van der Waals surface area contributed by atoms with Gasteiger partial charge in [0.15, 0.2) is 0 Å². The van der Waals surface area contributed by atoms with E-state index in [0.717, 1.165) is 17.9 Å². The van der Waals surface area contributed by atoms with E-state index < -0.39 is 0 Å². The number of benzene rings is 2. The Labute approximate surface area is 133 Å². The molecule has 2 aromatic carbocycles. The van der Waals surface area contributed by atoms with E-state index in [1.54, 1.807) is 16.8 Å². The monoisotopic (exact) mass is 310 g/mol. The van der Waals surface area contributed by atoms with E-state index in [2.05, 4.69) is 21.8 Å². The maximum atomic E-state index is 13.1. The average molecular weight is 310 g/mol. The zero-order chi connectivity index (χ0) is 15.6. The van der Waals surface area contributed by atoms with Gasteiger partial charge in [0.2, 0.25) is 6.33 Å². The van der Waals surface area contributed by atoms with Gasteiger partial charge in [-0.2, -0.15) is 0 Å². The zero-order valence-corrected chi connectivity index (χ0v) is 12.6. The molecule has 1 aliphatic heterocycles. The van der Waals surface area contributed by atoms with Gasteiger partial charge in [0.25, 0.3) is 0 Å². The highest BCUT2D eigenvalue weighted by Crippen LogP contribution is 2.16. The lowest BCUT2D eigenvalue weighted by Gasteiger charge is -2.19. The van der Waals surface area contributed by atoms with Gasteiger partial charge in [-0.25, -0.2) is 8.96 Å². The van der Waals surface area contributed by atoms with Crippen LogP contribution in [0.2, 0.25) is 0 Å². The lowest BCUT2D eigenvalue weighted by atomic mass is 10.1. The van der Waals surface area contributed by atoms with Gasteiger partial charge in [-0.05, 0) is 29.8 Å². The first-order chi connectivity index (χ1) is 11.3. The molecule has 0 fully saturated rings. The molecule has 2 heterocycles. The largest absolute Gasteiger partial charge is 0.367 e. The molecule has 4 nitrogen and oxygen atoms in total. The van der Waals surface area contributed by atoms with Crippen molar-refractivity contribution in [3.63, 3.8) is 0 Å². The zero-order valence-electron chi connectivity index (χ0n) is 12.6. The van der Waals surface area contributed by atoms with E-state index in [-0.39, 0.29) is 11.9 Å². The molecule has 23 heavy (non-hydrogen) atoms. The second-order valence-corrected chi connectivity index (χ2v) is 5.72. The number of fused-ring (bicyclic) bond motifs is 1. The Morgan fingerprint density at radius 3 is 2.70 bits per heavy atom. The Hall–Kier alpha value is -2.53. The van der Waals surface area contributed by atoms with Crippen molar-refractivity contribution in [2.45, 2.75) is 19.1 Å². The van der Waals surface area contributed by atoms with E-state index >= 15 is 0 Å². The van der Waals surface area contributed by atoms with Crippen LogP contribution in [0, 0.1) is 5.82 Å². The Morgan fingerprint density at radius 1 is 1.13 bits per heavy atom. The molecule has 0 spiro atoms. The summed E-state index contributed by atoms with van der Waals surface area (Å²) in [6.07, 6.45) is 2.87. The lowest BCUT2D eigenvalue weighted by Crippen LogP contribution is -2.48. The molecule has 1 aromatic heterocycles. The molecular formula is C18H17FN3O+. The summed E-state index contributed by atoms with van der Waals surface area (Å²) in [6.45, 7) is 1.17. The van der Waals surface area contributed by atoms with Crippen LogP contribution < -0.4 is 4.57 Å². The van der Waals surface area contributed by atoms with Gasteiger partial charge in [0.05, 0.1) is 6.61 Å². The minimum atomic E-state index is -0.247. The summed E-state index contributed by atoms with van der Waals surface area (Å²) >= 11 is 0. The lowest BCUT2D eigenvalue weighted by molar-refractivity contribution is -0.742. The van der Waals surface area contributed by atoms with Gasteiger partial charge in [-0.3, -0.25) is 0 Å². The minimum absolute atomic E-state index is 0.218. The van der Waals surface area contributed by atoms with Gasteiger partial charge in [0.1, 0.15) is 24.2 Å². The third-order valence-corrected chi connectivity index (χ3v) is 4.10. The number of aromatic nitrogens is 3. The summed E-state index contributed by atoms with van der Waals surface area (Å²) in [5, 5.41) is 4.57. The van der Waals surface area contributed by atoms with Crippen molar-refractivity contribution < 1.29 is 13.7 Å². The number of halogens is 1. The fourth-order valence-corrected chi connectivity index (χ4v) is 2.92. The van der Waals surface area contributed by atoms with Gasteiger partial charge in [-0.1, -0.05) is 35.0 Å². The summed E-state index contributed by atoms with van der Waals surface area (Å²) in [5.41, 5.74) is 2.11. The van der Waals surface area contributed by atoms with Crippen molar-refractivity contribution in [3.05, 3.63) is 78.1 Å². The molecule has 5 heteroatoms. The Bertz CT molecular complexity index is 799. The molecule has 1 aliphatic rings. The van der Waals surface area contributed by atoms with Gasteiger partial charge in [0, 0.05) is 11.5 Å². The standard InChI is InChI=1S/C18H17FN3O/c19-15-6-8-16(9-7-15)22-13-21-17(11-23-12-18(21)20-22)10-14-4-2-1-3-5-14/h1-9,13,17H,10-12H2/q+1/t17-/m0/s1. The predicted molar refractivity (Wildman–Crippen MR) is 82.6 cm³/mol. The second kappa shape index (κ2) is 5.93. The highest BCUT2D eigenvalue weighted by atomic mass is 19.1. The maximum Gasteiger partial charge on any atom is 0.304 e. The Kier molecular flexibility index (Phi) is 3.63. The first-order valence-electron chi connectivity index (χ1n) is 7.67. The normalized spacial score (nSPS) is 17.0. The molecule has 0 N–H and O–H groups in total. The molecule has 0 unspecified atom stereocenters. The number of hydrogen-bond acceptors (Lipinski definition) is 2.